The Balaban J connectivity index is 2.22. The first-order valence-electron chi connectivity index (χ1n) is 5.76. The number of nitrogen functional groups attached to an aromatic ring is 1. The Kier molecular flexibility index (Phi) is 2.79. The monoisotopic (exact) mass is 272 g/mol. The largest absolute Gasteiger partial charge is 0.367 e. The molecule has 0 aliphatic carbocycles. The van der Waals surface area contributed by atoms with Crippen LogP contribution in [0.1, 0.15) is 10.7 Å². The lowest BCUT2D eigenvalue weighted by Gasteiger charge is -2.00. The van der Waals surface area contributed by atoms with E-state index in [1.54, 1.807) is 23.7 Å². The van der Waals surface area contributed by atoms with Crippen LogP contribution >= 0.6 is 11.3 Å². The van der Waals surface area contributed by atoms with Crippen molar-refractivity contribution in [3.8, 4) is 21.7 Å². The minimum Gasteiger partial charge on any atom is -0.367 e. The average Bonchev–Trinajstić information content (AvgIpc) is 2.93. The topological polar surface area (TPSA) is 77.8 Å². The SMILES string of the molecule is Cc1nc(C)c(-c2noc(N)c2-c2cccnc2)s1. The normalized spacial score (nSPS) is 10.8. The number of pyridine rings is 1. The van der Waals surface area contributed by atoms with Gasteiger partial charge < -0.3 is 10.3 Å². The van der Waals surface area contributed by atoms with Gasteiger partial charge in [0.1, 0.15) is 5.69 Å². The molecule has 0 atom stereocenters. The van der Waals surface area contributed by atoms with E-state index in [1.807, 2.05) is 26.0 Å². The van der Waals surface area contributed by atoms with Gasteiger partial charge in [0, 0.05) is 18.0 Å². The van der Waals surface area contributed by atoms with E-state index in [1.165, 1.54) is 0 Å². The van der Waals surface area contributed by atoms with Gasteiger partial charge in [-0.1, -0.05) is 11.2 Å². The van der Waals surface area contributed by atoms with Crippen molar-refractivity contribution in [2.75, 3.05) is 5.73 Å². The van der Waals surface area contributed by atoms with Crippen molar-refractivity contribution in [3.05, 3.63) is 35.2 Å². The van der Waals surface area contributed by atoms with Crippen LogP contribution in [0.2, 0.25) is 0 Å². The van der Waals surface area contributed by atoms with Gasteiger partial charge in [-0.3, -0.25) is 4.98 Å². The molecule has 0 radical (unpaired) electrons. The molecule has 6 heteroatoms. The molecule has 3 heterocycles. The van der Waals surface area contributed by atoms with Crippen molar-refractivity contribution in [2.45, 2.75) is 13.8 Å². The molecule has 0 aliphatic rings. The van der Waals surface area contributed by atoms with Gasteiger partial charge in [-0.05, 0) is 19.9 Å². The summed E-state index contributed by atoms with van der Waals surface area (Å²) in [6, 6.07) is 3.79. The summed E-state index contributed by atoms with van der Waals surface area (Å²) in [5.74, 6) is 0.299. The molecule has 0 aliphatic heterocycles. The second kappa shape index (κ2) is 4.47. The molecular weight excluding hydrogens is 260 g/mol. The molecule has 5 nitrogen and oxygen atoms in total. The van der Waals surface area contributed by atoms with Crippen LogP contribution < -0.4 is 5.73 Å². The number of thiazole rings is 1. The Hall–Kier alpha value is -2.21. The molecule has 0 fully saturated rings. The number of aryl methyl sites for hydroxylation is 2. The van der Waals surface area contributed by atoms with Gasteiger partial charge in [-0.15, -0.1) is 11.3 Å². The summed E-state index contributed by atoms with van der Waals surface area (Å²) in [5, 5.41) is 5.07. The number of nitrogens with two attached hydrogens (primary N) is 1. The van der Waals surface area contributed by atoms with Gasteiger partial charge >= 0.3 is 0 Å². The molecule has 3 aromatic heterocycles. The fourth-order valence-electron chi connectivity index (χ4n) is 2.00. The van der Waals surface area contributed by atoms with Crippen LogP contribution in [0.3, 0.4) is 0 Å². The molecule has 0 spiro atoms. The third kappa shape index (κ3) is 2.00. The maximum absolute atomic E-state index is 5.89. The molecule has 0 saturated heterocycles. The minimum atomic E-state index is 0.299. The Morgan fingerprint density at radius 1 is 1.32 bits per heavy atom. The zero-order valence-corrected chi connectivity index (χ0v) is 11.4. The van der Waals surface area contributed by atoms with Crippen LogP contribution in [-0.4, -0.2) is 15.1 Å². The molecule has 2 N–H and O–H groups in total. The Bertz CT molecular complexity index is 718. The van der Waals surface area contributed by atoms with Crippen LogP contribution in [-0.2, 0) is 0 Å². The fraction of sp³-hybridized carbons (Fsp3) is 0.154. The maximum Gasteiger partial charge on any atom is 0.230 e. The Morgan fingerprint density at radius 3 is 2.79 bits per heavy atom. The lowest BCUT2D eigenvalue weighted by Crippen LogP contribution is -1.88. The van der Waals surface area contributed by atoms with Gasteiger partial charge in [-0.2, -0.15) is 0 Å². The van der Waals surface area contributed by atoms with Crippen LogP contribution in [0.4, 0.5) is 5.88 Å². The first-order chi connectivity index (χ1) is 9.16. The molecule has 0 saturated carbocycles. The summed E-state index contributed by atoms with van der Waals surface area (Å²) in [4.78, 5) is 9.50. The molecule has 19 heavy (non-hydrogen) atoms. The zero-order chi connectivity index (χ0) is 13.4. The molecule has 0 amide bonds. The van der Waals surface area contributed by atoms with Crippen molar-refractivity contribution < 1.29 is 4.52 Å². The van der Waals surface area contributed by atoms with Crippen LogP contribution in [0.25, 0.3) is 21.7 Å². The van der Waals surface area contributed by atoms with Crippen molar-refractivity contribution in [3.63, 3.8) is 0 Å². The minimum absolute atomic E-state index is 0.299. The van der Waals surface area contributed by atoms with E-state index in [0.717, 1.165) is 32.4 Å². The van der Waals surface area contributed by atoms with Gasteiger partial charge in [0.25, 0.3) is 0 Å². The standard InChI is InChI=1S/C13H12N4OS/c1-7-12(19-8(2)16-7)11-10(13(14)18-17-11)9-4-3-5-15-6-9/h3-6H,14H2,1-2H3. The first kappa shape index (κ1) is 11.9. The van der Waals surface area contributed by atoms with E-state index in [-0.39, 0.29) is 0 Å². The van der Waals surface area contributed by atoms with E-state index in [2.05, 4.69) is 15.1 Å². The third-order valence-corrected chi connectivity index (χ3v) is 3.87. The number of hydrogen-bond donors (Lipinski definition) is 1. The highest BCUT2D eigenvalue weighted by molar-refractivity contribution is 7.15. The number of rotatable bonds is 2. The summed E-state index contributed by atoms with van der Waals surface area (Å²) in [7, 11) is 0. The predicted octanol–water partition coefficient (Wildman–Crippen LogP) is 3.06. The van der Waals surface area contributed by atoms with E-state index >= 15 is 0 Å². The highest BCUT2D eigenvalue weighted by Crippen LogP contribution is 2.39. The van der Waals surface area contributed by atoms with Gasteiger partial charge in [0.2, 0.25) is 5.88 Å². The first-order valence-corrected chi connectivity index (χ1v) is 6.58. The van der Waals surface area contributed by atoms with Gasteiger partial charge in [0.15, 0.2) is 0 Å². The molecular formula is C13H12N4OS. The van der Waals surface area contributed by atoms with Crippen molar-refractivity contribution in [1.82, 2.24) is 15.1 Å². The smallest absolute Gasteiger partial charge is 0.230 e. The molecule has 0 unspecified atom stereocenters. The van der Waals surface area contributed by atoms with E-state index in [0.29, 0.717) is 5.88 Å². The average molecular weight is 272 g/mol. The maximum atomic E-state index is 5.89. The quantitative estimate of drug-likeness (QED) is 0.775. The van der Waals surface area contributed by atoms with Crippen molar-refractivity contribution in [1.29, 1.82) is 0 Å². The molecule has 0 bridgehead atoms. The Morgan fingerprint density at radius 2 is 2.16 bits per heavy atom. The van der Waals surface area contributed by atoms with Crippen molar-refractivity contribution in [2.24, 2.45) is 0 Å². The fourth-order valence-corrected chi connectivity index (χ4v) is 2.91. The van der Waals surface area contributed by atoms with Gasteiger partial charge in [-0.25, -0.2) is 4.98 Å². The summed E-state index contributed by atoms with van der Waals surface area (Å²) >= 11 is 1.58. The second-order valence-electron chi connectivity index (χ2n) is 4.16. The summed E-state index contributed by atoms with van der Waals surface area (Å²) in [6.07, 6.45) is 3.46. The summed E-state index contributed by atoms with van der Waals surface area (Å²) in [5.41, 5.74) is 9.22. The van der Waals surface area contributed by atoms with Crippen LogP contribution in [0.5, 0.6) is 0 Å². The molecule has 0 aromatic carbocycles. The highest BCUT2D eigenvalue weighted by Gasteiger charge is 2.21. The van der Waals surface area contributed by atoms with Crippen molar-refractivity contribution >= 4 is 17.2 Å². The molecule has 96 valence electrons. The molecule has 3 aromatic rings. The number of hydrogen-bond acceptors (Lipinski definition) is 6. The lowest BCUT2D eigenvalue weighted by atomic mass is 10.1. The molecule has 3 rings (SSSR count). The summed E-state index contributed by atoms with van der Waals surface area (Å²) in [6.45, 7) is 3.92. The highest BCUT2D eigenvalue weighted by atomic mass is 32.1. The third-order valence-electron chi connectivity index (χ3n) is 2.79. The zero-order valence-electron chi connectivity index (χ0n) is 10.5. The number of anilines is 1. The number of aromatic nitrogens is 3. The van der Waals surface area contributed by atoms with E-state index in [4.69, 9.17) is 10.3 Å². The Labute approximate surface area is 114 Å². The summed E-state index contributed by atoms with van der Waals surface area (Å²) < 4.78 is 5.15. The van der Waals surface area contributed by atoms with E-state index in [9.17, 15) is 0 Å². The van der Waals surface area contributed by atoms with Crippen LogP contribution in [0, 0.1) is 13.8 Å². The van der Waals surface area contributed by atoms with Crippen LogP contribution in [0.15, 0.2) is 29.0 Å². The van der Waals surface area contributed by atoms with Gasteiger partial charge in [0.05, 0.1) is 21.1 Å². The second-order valence-corrected chi connectivity index (χ2v) is 5.36. The lowest BCUT2D eigenvalue weighted by molar-refractivity contribution is 0.439. The van der Waals surface area contributed by atoms with E-state index < -0.39 is 0 Å². The predicted molar refractivity (Wildman–Crippen MR) is 74.7 cm³/mol. The number of nitrogens with zero attached hydrogens (tertiary/aromatic N) is 3.